The van der Waals surface area contributed by atoms with E-state index in [2.05, 4.69) is 0 Å². The summed E-state index contributed by atoms with van der Waals surface area (Å²) in [5, 5.41) is 55.6. The summed E-state index contributed by atoms with van der Waals surface area (Å²) in [6.07, 6.45) is 6.33. The van der Waals surface area contributed by atoms with Crippen molar-refractivity contribution in [2.24, 2.45) is 0 Å². The Morgan fingerprint density at radius 3 is 1.44 bits per heavy atom. The van der Waals surface area contributed by atoms with Crippen LogP contribution in [0.1, 0.15) is 0 Å². The largest absolute Gasteiger partial charge is 0.674 e. The number of allylic oxidation sites excluding steroid dienone is 2. The molecule has 1 aliphatic heterocycles. The number of methoxy groups -OCH3 is 1. The first-order chi connectivity index (χ1) is 12.2. The zero-order valence-corrected chi connectivity index (χ0v) is 14.0. The monoisotopic (exact) mass is 409 g/mol. The Morgan fingerprint density at radius 1 is 0.926 bits per heavy atom. The fraction of sp³-hybridized carbons (Fsp3) is 0.375. The molecule has 0 amide bonds. The number of carbonyl (C=O) groups is 1. The third-order valence-electron chi connectivity index (χ3n) is 1.69. The minimum absolute atomic E-state index is 0.185. The molecule has 11 nitrogen and oxygen atoms in total. The molecule has 0 aromatic heterocycles. The van der Waals surface area contributed by atoms with Crippen LogP contribution in [0.2, 0.25) is 0 Å². The van der Waals surface area contributed by atoms with Crippen molar-refractivity contribution < 1.29 is 67.0 Å². The molecule has 0 bridgehead atoms. The Bertz CT molecular complexity index is 359. The summed E-state index contributed by atoms with van der Waals surface area (Å²) in [6, 6.07) is -0.185. The van der Waals surface area contributed by atoms with Gasteiger partial charge in [0.1, 0.15) is 12.3 Å². The quantitative estimate of drug-likeness (QED) is 0.127. The minimum atomic E-state index is -2.67. The molecule has 1 atom stereocenters. The summed E-state index contributed by atoms with van der Waals surface area (Å²) in [4.78, 5) is 12.2. The van der Waals surface area contributed by atoms with Gasteiger partial charge in [-0.1, -0.05) is 12.2 Å². The van der Waals surface area contributed by atoms with Gasteiger partial charge in [-0.25, -0.2) is 0 Å². The van der Waals surface area contributed by atoms with E-state index < -0.39 is 29.6 Å². The number of nitrogens with zero attached hydrogens (tertiary/aromatic N) is 1. The van der Waals surface area contributed by atoms with Gasteiger partial charge in [-0.2, -0.15) is 0 Å². The second-order valence-electron chi connectivity index (χ2n) is 3.57. The molecule has 0 radical (unpaired) electrons. The van der Waals surface area contributed by atoms with Gasteiger partial charge in [0.05, 0.1) is 7.11 Å². The van der Waals surface area contributed by atoms with Crippen LogP contribution in [-0.2, 0) is 9.53 Å². The van der Waals surface area contributed by atoms with Crippen molar-refractivity contribution in [3.8, 4) is 0 Å². The number of hydrogen-bond donors (Lipinski definition) is 8. The molecule has 156 valence electrons. The summed E-state index contributed by atoms with van der Waals surface area (Å²) in [5.41, 5.74) is 0. The topological polar surface area (TPSA) is 191 Å². The fourth-order valence-electron chi connectivity index (χ4n) is 0.994. The van der Waals surface area contributed by atoms with Crippen molar-refractivity contribution in [2.45, 2.75) is 6.04 Å². The van der Waals surface area contributed by atoms with Gasteiger partial charge in [-0.05, 0) is 6.08 Å². The number of halogens is 4. The van der Waals surface area contributed by atoms with Crippen LogP contribution >= 0.6 is 0 Å². The third-order valence-corrected chi connectivity index (χ3v) is 1.69. The lowest BCUT2D eigenvalue weighted by atomic mass is 10.2. The van der Waals surface area contributed by atoms with Crippen molar-refractivity contribution in [1.29, 1.82) is 0 Å². The van der Waals surface area contributed by atoms with E-state index in [1.807, 2.05) is 25.3 Å². The van der Waals surface area contributed by atoms with Crippen LogP contribution < -0.4 is 0 Å². The van der Waals surface area contributed by atoms with Gasteiger partial charge < -0.3 is 54.6 Å². The van der Waals surface area contributed by atoms with Crippen molar-refractivity contribution in [1.82, 2.24) is 4.90 Å². The number of aldehydes is 1. The van der Waals surface area contributed by atoms with E-state index in [1.165, 1.54) is 0 Å². The van der Waals surface area contributed by atoms with E-state index in [1.54, 1.807) is 12.0 Å². The molecule has 1 unspecified atom stereocenters. The second kappa shape index (κ2) is 22.5. The first-order valence-corrected chi connectivity index (χ1v) is 6.34. The smallest absolute Gasteiger partial charge is 0.482 e. The summed E-state index contributed by atoms with van der Waals surface area (Å²) in [7, 11) is -7.26. The normalized spacial score (nSPS) is 13.3. The molecular formula is C8H19B4F4NO10. The fourth-order valence-corrected chi connectivity index (χ4v) is 0.994. The molecule has 1 heterocycles. The van der Waals surface area contributed by atoms with Crippen LogP contribution in [0.25, 0.3) is 0 Å². The summed E-state index contributed by atoms with van der Waals surface area (Å²) in [6.45, 7) is 0. The van der Waals surface area contributed by atoms with Gasteiger partial charge in [0, 0.05) is 7.05 Å². The van der Waals surface area contributed by atoms with Gasteiger partial charge >= 0.3 is 29.6 Å². The number of carbonyl (C=O) groups excluding carboxylic acids is 1. The van der Waals surface area contributed by atoms with Gasteiger partial charge in [0.2, 0.25) is 0 Å². The molecule has 0 fully saturated rings. The van der Waals surface area contributed by atoms with E-state index in [-0.39, 0.29) is 6.04 Å². The highest BCUT2D eigenvalue weighted by molar-refractivity contribution is 6.32. The van der Waals surface area contributed by atoms with Crippen LogP contribution in [0.3, 0.4) is 0 Å². The Morgan fingerprint density at radius 2 is 1.22 bits per heavy atom. The Balaban J connectivity index is -0.000000139. The van der Waals surface area contributed by atoms with Crippen LogP contribution in [-0.4, -0.2) is 101 Å². The summed E-state index contributed by atoms with van der Waals surface area (Å²) in [5.74, 6) is 0.713. The van der Waals surface area contributed by atoms with Crippen molar-refractivity contribution >= 4 is 35.9 Å². The molecule has 19 heteroatoms. The Labute approximate surface area is 153 Å². The first-order valence-electron chi connectivity index (χ1n) is 6.34. The Kier molecular flexibility index (Phi) is 27.5. The molecule has 0 spiro atoms. The van der Waals surface area contributed by atoms with E-state index in [9.17, 15) is 22.1 Å². The highest BCUT2D eigenvalue weighted by atomic mass is 19.1. The zero-order chi connectivity index (χ0) is 22.6. The average Bonchev–Trinajstić information content (AvgIpc) is 2.45. The molecular weight excluding hydrogens is 389 g/mol. The number of likely N-dealkylation sites (N-methyl/N-ethyl adjacent to an activating group) is 1. The van der Waals surface area contributed by atoms with Gasteiger partial charge in [-0.3, -0.25) is 17.3 Å². The second-order valence-corrected chi connectivity index (χ2v) is 3.57. The van der Waals surface area contributed by atoms with Crippen molar-refractivity contribution in [2.75, 3.05) is 14.2 Å². The van der Waals surface area contributed by atoms with E-state index in [0.29, 0.717) is 5.88 Å². The number of rotatable bonds is 2. The average molecular weight is 408 g/mol. The predicted octanol–water partition coefficient (Wildman–Crippen LogP) is -3.76. The number of ether oxygens (including phenoxy) is 1. The standard InChI is InChI=1S/C8H11NO2.4BFH2O2/c1-9-7(6-10)4-3-5-8(9)11-2;4*2-1(3)4/h3-7H,1-2H3;4*3-4H. The predicted molar refractivity (Wildman–Crippen MR) is 87.0 cm³/mol. The summed E-state index contributed by atoms with van der Waals surface area (Å²) < 4.78 is 45.5. The molecule has 0 aromatic carbocycles. The van der Waals surface area contributed by atoms with Crippen LogP contribution in [0.5, 0.6) is 0 Å². The molecule has 1 aliphatic rings. The maximum Gasteiger partial charge on any atom is 0.674 e. The lowest BCUT2D eigenvalue weighted by molar-refractivity contribution is -0.110. The number of hydrogen-bond acceptors (Lipinski definition) is 11. The molecule has 1 rings (SSSR count). The summed E-state index contributed by atoms with van der Waals surface area (Å²) >= 11 is 0. The lowest BCUT2D eigenvalue weighted by Gasteiger charge is -2.26. The van der Waals surface area contributed by atoms with Gasteiger partial charge in [-0.15, -0.1) is 0 Å². The van der Waals surface area contributed by atoms with Gasteiger partial charge in [0.25, 0.3) is 0 Å². The molecule has 0 aliphatic carbocycles. The van der Waals surface area contributed by atoms with Crippen molar-refractivity contribution in [3.05, 3.63) is 24.1 Å². The van der Waals surface area contributed by atoms with E-state index in [0.717, 1.165) is 6.29 Å². The van der Waals surface area contributed by atoms with Crippen LogP contribution in [0.4, 0.5) is 17.3 Å². The maximum absolute atomic E-state index is 10.5. The van der Waals surface area contributed by atoms with Crippen LogP contribution in [0, 0.1) is 0 Å². The SMILES string of the molecule is COC1=CC=CC(C=O)N1C.OB(O)F.OB(O)F.OB(O)F.OB(O)F. The van der Waals surface area contributed by atoms with Gasteiger partial charge in [0.15, 0.2) is 5.88 Å². The first kappa shape index (κ1) is 33.0. The zero-order valence-electron chi connectivity index (χ0n) is 14.0. The molecule has 0 saturated carbocycles. The highest BCUT2D eigenvalue weighted by Crippen LogP contribution is 2.12. The molecule has 8 N–H and O–H groups in total. The molecule has 0 saturated heterocycles. The van der Waals surface area contributed by atoms with E-state index >= 15 is 0 Å². The highest BCUT2D eigenvalue weighted by Gasteiger charge is 2.15. The maximum atomic E-state index is 10.5. The third kappa shape index (κ3) is 45.5. The Hall–Kier alpha value is -1.59. The van der Waals surface area contributed by atoms with Crippen LogP contribution in [0.15, 0.2) is 24.1 Å². The minimum Gasteiger partial charge on any atom is -0.482 e. The molecule has 0 aromatic rings. The lowest BCUT2D eigenvalue weighted by Crippen LogP contribution is -2.32. The molecule has 27 heavy (non-hydrogen) atoms. The van der Waals surface area contributed by atoms with Crippen molar-refractivity contribution in [3.63, 3.8) is 0 Å². The van der Waals surface area contributed by atoms with E-state index in [4.69, 9.17) is 44.9 Å².